The Hall–Kier alpha value is -4.09. The number of nitrogens with one attached hydrogen (secondary N) is 2. The van der Waals surface area contributed by atoms with Crippen LogP contribution in [0.15, 0.2) is 42.9 Å². The summed E-state index contributed by atoms with van der Waals surface area (Å²) in [6.45, 7) is 4.71. The van der Waals surface area contributed by atoms with Crippen molar-refractivity contribution in [2.24, 2.45) is 0 Å². The fourth-order valence-corrected chi connectivity index (χ4v) is 5.35. The molecule has 228 valence electrons. The van der Waals surface area contributed by atoms with Gasteiger partial charge in [-0.25, -0.2) is 15.0 Å². The Morgan fingerprint density at radius 1 is 1.00 bits per heavy atom. The van der Waals surface area contributed by atoms with Crippen LogP contribution in [-0.2, 0) is 6.54 Å². The molecule has 1 saturated heterocycles. The smallest absolute Gasteiger partial charge is 0.225 e. The first-order chi connectivity index (χ1) is 21.0. The highest BCUT2D eigenvalue weighted by Gasteiger charge is 2.21. The number of benzene rings is 1. The number of pyridine rings is 1. The number of anilines is 2. The Balaban J connectivity index is 1.44. The zero-order chi connectivity index (χ0) is 30.2. The molecular weight excluding hydrogens is 544 g/mol. The van der Waals surface area contributed by atoms with Crippen molar-refractivity contribution in [1.29, 1.82) is 0 Å². The molecule has 0 bridgehead atoms. The van der Waals surface area contributed by atoms with E-state index >= 15 is 0 Å². The van der Waals surface area contributed by atoms with E-state index in [1.54, 1.807) is 20.4 Å². The lowest BCUT2D eigenvalue weighted by atomic mass is 9.96. The van der Waals surface area contributed by atoms with Crippen molar-refractivity contribution in [1.82, 2.24) is 29.8 Å². The van der Waals surface area contributed by atoms with E-state index in [-0.39, 0.29) is 12.6 Å². The number of nitrogens with zero attached hydrogens (tertiary/aromatic N) is 6. The minimum Gasteiger partial charge on any atom is -0.497 e. The molecule has 1 atom stereocenters. The van der Waals surface area contributed by atoms with E-state index in [4.69, 9.17) is 34.4 Å². The van der Waals surface area contributed by atoms with E-state index in [1.165, 1.54) is 0 Å². The Labute approximate surface area is 253 Å². The van der Waals surface area contributed by atoms with Gasteiger partial charge in [0.15, 0.2) is 5.82 Å². The quantitative estimate of drug-likeness (QED) is 0.198. The first kappa shape index (κ1) is 30.4. The molecule has 1 fully saturated rings. The van der Waals surface area contributed by atoms with Crippen LogP contribution in [0.1, 0.15) is 56.3 Å². The average molecular weight is 587 g/mol. The second-order valence-electron chi connectivity index (χ2n) is 11.1. The Kier molecular flexibility index (Phi) is 10.2. The number of fused-ring (bicyclic) bond motifs is 1. The van der Waals surface area contributed by atoms with Gasteiger partial charge in [0.05, 0.1) is 32.4 Å². The predicted molar refractivity (Wildman–Crippen MR) is 169 cm³/mol. The molecule has 3 N–H and O–H groups in total. The third-order valence-electron chi connectivity index (χ3n) is 8.02. The van der Waals surface area contributed by atoms with E-state index in [2.05, 4.69) is 29.5 Å². The summed E-state index contributed by atoms with van der Waals surface area (Å²) in [6, 6.07) is 7.54. The SMILES string of the molecule is CCCCC(CO)Nc1nc(NCc2ccc(OC)cc2OC)nc2cc(-c3cnc(C4CCN(C)CC4)nc3)cnc12. The lowest BCUT2D eigenvalue weighted by Crippen LogP contribution is -2.29. The van der Waals surface area contributed by atoms with E-state index in [9.17, 15) is 5.11 Å². The van der Waals surface area contributed by atoms with Crippen LogP contribution in [0.5, 0.6) is 11.5 Å². The number of rotatable bonds is 13. The van der Waals surface area contributed by atoms with E-state index in [0.29, 0.717) is 41.0 Å². The summed E-state index contributed by atoms with van der Waals surface area (Å²) in [6.07, 6.45) is 10.6. The molecule has 1 aliphatic rings. The molecule has 1 aromatic carbocycles. The van der Waals surface area contributed by atoms with Gasteiger partial charge in [0, 0.05) is 53.8 Å². The summed E-state index contributed by atoms with van der Waals surface area (Å²) >= 11 is 0. The molecule has 1 aliphatic heterocycles. The molecular formula is C32H42N8O3. The topological polar surface area (TPSA) is 130 Å². The zero-order valence-corrected chi connectivity index (χ0v) is 25.5. The molecule has 1 unspecified atom stereocenters. The fourth-order valence-electron chi connectivity index (χ4n) is 5.35. The van der Waals surface area contributed by atoms with Gasteiger partial charge in [-0.1, -0.05) is 19.8 Å². The summed E-state index contributed by atoms with van der Waals surface area (Å²) in [7, 11) is 5.42. The van der Waals surface area contributed by atoms with E-state index < -0.39 is 0 Å². The molecule has 0 spiro atoms. The number of aliphatic hydroxyl groups is 1. The number of aliphatic hydroxyl groups excluding tert-OH is 1. The number of likely N-dealkylation sites (tertiary alicyclic amines) is 1. The first-order valence-electron chi connectivity index (χ1n) is 15.0. The van der Waals surface area contributed by atoms with Crippen molar-refractivity contribution in [3.63, 3.8) is 0 Å². The van der Waals surface area contributed by atoms with Crippen LogP contribution in [0.2, 0.25) is 0 Å². The summed E-state index contributed by atoms with van der Waals surface area (Å²) in [5, 5.41) is 16.8. The maximum absolute atomic E-state index is 10.0. The van der Waals surface area contributed by atoms with Crippen LogP contribution in [0, 0.1) is 0 Å². The number of ether oxygens (including phenoxy) is 2. The van der Waals surface area contributed by atoms with Crippen LogP contribution in [0.4, 0.5) is 11.8 Å². The van der Waals surface area contributed by atoms with Gasteiger partial charge < -0.3 is 30.1 Å². The number of hydrogen-bond acceptors (Lipinski definition) is 11. The Bertz CT molecular complexity index is 1490. The minimum atomic E-state index is -0.144. The van der Waals surface area contributed by atoms with Crippen LogP contribution in [-0.4, -0.2) is 81.9 Å². The lowest BCUT2D eigenvalue weighted by molar-refractivity contribution is 0.251. The predicted octanol–water partition coefficient (Wildman–Crippen LogP) is 4.88. The van der Waals surface area contributed by atoms with Gasteiger partial charge in [-0.2, -0.15) is 4.98 Å². The van der Waals surface area contributed by atoms with Gasteiger partial charge in [0.2, 0.25) is 5.95 Å². The summed E-state index contributed by atoms with van der Waals surface area (Å²) < 4.78 is 10.9. The van der Waals surface area contributed by atoms with Crippen molar-refractivity contribution >= 4 is 22.8 Å². The Morgan fingerprint density at radius 2 is 1.77 bits per heavy atom. The number of aromatic nitrogens is 5. The third kappa shape index (κ3) is 7.47. The highest BCUT2D eigenvalue weighted by molar-refractivity contribution is 5.89. The minimum absolute atomic E-state index is 0.00361. The molecule has 0 saturated carbocycles. The largest absolute Gasteiger partial charge is 0.497 e. The van der Waals surface area contributed by atoms with Crippen LogP contribution in [0.25, 0.3) is 22.2 Å². The monoisotopic (exact) mass is 586 g/mol. The number of unbranched alkanes of at least 4 members (excludes halogenated alkanes) is 1. The molecule has 11 nitrogen and oxygen atoms in total. The number of hydrogen-bond donors (Lipinski definition) is 3. The molecule has 11 heteroatoms. The third-order valence-corrected chi connectivity index (χ3v) is 8.02. The second-order valence-corrected chi connectivity index (χ2v) is 11.1. The number of piperidine rings is 1. The van der Waals surface area contributed by atoms with Crippen molar-refractivity contribution in [2.45, 2.75) is 57.5 Å². The van der Waals surface area contributed by atoms with E-state index in [0.717, 1.165) is 73.5 Å². The van der Waals surface area contributed by atoms with Gasteiger partial charge in [-0.3, -0.25) is 4.98 Å². The van der Waals surface area contributed by atoms with Gasteiger partial charge >= 0.3 is 0 Å². The molecule has 4 heterocycles. The highest BCUT2D eigenvalue weighted by Crippen LogP contribution is 2.30. The lowest BCUT2D eigenvalue weighted by Gasteiger charge is -2.27. The zero-order valence-electron chi connectivity index (χ0n) is 25.5. The molecule has 43 heavy (non-hydrogen) atoms. The summed E-state index contributed by atoms with van der Waals surface area (Å²) in [5.41, 5.74) is 4.00. The van der Waals surface area contributed by atoms with Gasteiger partial charge in [0.25, 0.3) is 0 Å². The van der Waals surface area contributed by atoms with Crippen molar-refractivity contribution in [2.75, 3.05) is 51.6 Å². The normalized spacial score (nSPS) is 14.9. The summed E-state index contributed by atoms with van der Waals surface area (Å²) in [5.74, 6) is 3.74. The maximum atomic E-state index is 10.0. The second kappa shape index (κ2) is 14.4. The highest BCUT2D eigenvalue weighted by atomic mass is 16.5. The van der Waals surface area contributed by atoms with Gasteiger partial charge in [-0.05, 0) is 57.6 Å². The van der Waals surface area contributed by atoms with Crippen LogP contribution in [0.3, 0.4) is 0 Å². The number of methoxy groups -OCH3 is 2. The van der Waals surface area contributed by atoms with Crippen molar-refractivity contribution in [3.8, 4) is 22.6 Å². The van der Waals surface area contributed by atoms with Crippen molar-refractivity contribution < 1.29 is 14.6 Å². The van der Waals surface area contributed by atoms with Crippen molar-refractivity contribution in [3.05, 3.63) is 54.2 Å². The van der Waals surface area contributed by atoms with Crippen LogP contribution < -0.4 is 20.1 Å². The maximum Gasteiger partial charge on any atom is 0.225 e. The molecule has 3 aromatic heterocycles. The molecule has 0 amide bonds. The van der Waals surface area contributed by atoms with Gasteiger partial charge in [-0.15, -0.1) is 0 Å². The molecule has 0 radical (unpaired) electrons. The van der Waals surface area contributed by atoms with Gasteiger partial charge in [0.1, 0.15) is 22.8 Å². The average Bonchev–Trinajstić information content (AvgIpc) is 3.05. The van der Waals surface area contributed by atoms with Crippen LogP contribution >= 0.6 is 0 Å². The molecule has 5 rings (SSSR count). The summed E-state index contributed by atoms with van der Waals surface area (Å²) in [4.78, 5) is 26.2. The molecule has 4 aromatic rings. The van der Waals surface area contributed by atoms with E-state index in [1.807, 2.05) is 36.7 Å². The Morgan fingerprint density at radius 3 is 2.47 bits per heavy atom. The first-order valence-corrected chi connectivity index (χ1v) is 15.0. The molecule has 0 aliphatic carbocycles. The fraction of sp³-hybridized carbons (Fsp3) is 0.469. The standard InChI is InChI=1S/C32H42N8O3/c1-5-6-7-25(20-41)37-31-29-27(38-32(39-31)36-16-22-8-9-26(42-3)15-28(22)43-4)14-23(17-33-29)24-18-34-30(35-19-24)21-10-12-40(2)13-11-21/h8-9,14-15,17-19,21,25,41H,5-7,10-13,16,20H2,1-4H3,(H2,36,37,38,39).